The van der Waals surface area contributed by atoms with Gasteiger partial charge >= 0.3 is 0 Å². The molecule has 2 aromatic carbocycles. The molecule has 202 valence electrons. The lowest BCUT2D eigenvalue weighted by atomic mass is 10.2. The Bertz CT molecular complexity index is 1580. The Kier molecular flexibility index (Phi) is 8.12. The molecule has 0 aliphatic rings. The number of nitrogen functional groups attached to an aromatic ring is 1. The summed E-state index contributed by atoms with van der Waals surface area (Å²) >= 11 is 0. The third-order valence-corrected chi connectivity index (χ3v) is 13.8. The predicted octanol–water partition coefficient (Wildman–Crippen LogP) is 6.68. The van der Waals surface area contributed by atoms with Crippen molar-refractivity contribution in [1.82, 2.24) is 14.5 Å². The molecule has 2 heterocycles. The second-order valence-corrected chi connectivity index (χ2v) is 16.3. The molecule has 8 heteroatoms. The van der Waals surface area contributed by atoms with Crippen LogP contribution in [-0.2, 0) is 0 Å². The molecule has 0 aliphatic heterocycles. The van der Waals surface area contributed by atoms with Gasteiger partial charge in [0.05, 0.1) is 23.9 Å². The number of fused-ring (bicyclic) bond motifs is 1. The van der Waals surface area contributed by atoms with Gasteiger partial charge in [0.15, 0.2) is 5.65 Å². The van der Waals surface area contributed by atoms with Crippen molar-refractivity contribution in [2.24, 2.45) is 0 Å². The number of pyridine rings is 1. The molecular weight excluding hydrogens is 502 g/mol. The number of ether oxygens (including phenoxy) is 1. The Morgan fingerprint density at radius 3 is 2.15 bits per heavy atom. The van der Waals surface area contributed by atoms with Crippen molar-refractivity contribution in [1.29, 1.82) is 0 Å². The van der Waals surface area contributed by atoms with E-state index in [0.717, 1.165) is 0 Å². The molecule has 0 saturated carbocycles. The summed E-state index contributed by atoms with van der Waals surface area (Å²) in [6.45, 7) is 13.7. The van der Waals surface area contributed by atoms with Crippen LogP contribution in [0.25, 0.3) is 16.7 Å². The molecule has 0 unspecified atom stereocenters. The number of anilines is 3. The van der Waals surface area contributed by atoms with E-state index in [0.29, 0.717) is 62.1 Å². The fourth-order valence-electron chi connectivity index (χ4n) is 5.61. The van der Waals surface area contributed by atoms with E-state index in [9.17, 15) is 4.79 Å². The summed E-state index contributed by atoms with van der Waals surface area (Å²) in [6.07, 6.45) is 0. The molecule has 3 N–H and O–H groups in total. The van der Waals surface area contributed by atoms with Crippen LogP contribution in [0.15, 0.2) is 65.5 Å². The first-order valence-corrected chi connectivity index (χ1v) is 15.5. The van der Waals surface area contributed by atoms with Gasteiger partial charge in [-0.3, -0.25) is 9.36 Å². The highest BCUT2D eigenvalue weighted by molar-refractivity contribution is 6.90. The minimum atomic E-state index is -2.04. The van der Waals surface area contributed by atoms with Crippen LogP contribution in [0.3, 0.4) is 0 Å². The van der Waals surface area contributed by atoms with Crippen molar-refractivity contribution in [3.8, 4) is 22.9 Å². The van der Waals surface area contributed by atoms with Crippen LogP contribution in [-0.4, -0.2) is 29.7 Å². The van der Waals surface area contributed by atoms with Gasteiger partial charge in [0.25, 0.3) is 5.56 Å². The molecule has 0 spiro atoms. The van der Waals surface area contributed by atoms with E-state index in [1.165, 1.54) is 0 Å². The number of rotatable bonds is 7. The number of para-hydroxylation sites is 2. The van der Waals surface area contributed by atoms with Crippen LogP contribution in [0.1, 0.15) is 47.2 Å². The van der Waals surface area contributed by atoms with E-state index in [-0.39, 0.29) is 5.56 Å². The maximum Gasteiger partial charge on any atom is 0.256 e. The van der Waals surface area contributed by atoms with Gasteiger partial charge in [0.2, 0.25) is 5.95 Å². The van der Waals surface area contributed by atoms with Crippen molar-refractivity contribution in [3.05, 3.63) is 76.7 Å². The molecule has 4 aromatic rings. The van der Waals surface area contributed by atoms with E-state index in [1.807, 2.05) is 36.4 Å². The fraction of sp³-hybridized carbons (Fsp3) is 0.323. The number of methoxy groups -OCH3 is 1. The second kappa shape index (κ2) is 11.3. The fourth-order valence-corrected chi connectivity index (χ4v) is 10.8. The van der Waals surface area contributed by atoms with Crippen LogP contribution >= 0.6 is 0 Å². The number of hydrogen-bond donors (Lipinski definition) is 2. The number of benzene rings is 2. The quantitative estimate of drug-likeness (QED) is 0.154. The van der Waals surface area contributed by atoms with Crippen LogP contribution < -0.4 is 21.3 Å². The van der Waals surface area contributed by atoms with Gasteiger partial charge in [-0.15, -0.1) is 5.54 Å². The molecule has 0 amide bonds. The summed E-state index contributed by atoms with van der Waals surface area (Å²) in [5.41, 5.74) is 13.9. The van der Waals surface area contributed by atoms with Crippen molar-refractivity contribution in [3.63, 3.8) is 0 Å². The Labute approximate surface area is 231 Å². The van der Waals surface area contributed by atoms with Crippen molar-refractivity contribution >= 4 is 36.4 Å². The molecule has 39 heavy (non-hydrogen) atoms. The van der Waals surface area contributed by atoms with Crippen molar-refractivity contribution in [2.45, 2.75) is 58.2 Å². The summed E-state index contributed by atoms with van der Waals surface area (Å²) in [6, 6.07) is 18.0. The molecule has 0 radical (unpaired) electrons. The molecule has 0 fully saturated rings. The van der Waals surface area contributed by atoms with E-state index in [1.54, 1.807) is 35.9 Å². The summed E-state index contributed by atoms with van der Waals surface area (Å²) in [7, 11) is -0.427. The van der Waals surface area contributed by atoms with E-state index in [4.69, 9.17) is 20.4 Å². The highest BCUT2D eigenvalue weighted by Crippen LogP contribution is 2.41. The van der Waals surface area contributed by atoms with Gasteiger partial charge in [0.1, 0.15) is 19.5 Å². The maximum absolute atomic E-state index is 13.2. The summed E-state index contributed by atoms with van der Waals surface area (Å²) in [5.74, 6) is 4.48. The van der Waals surface area contributed by atoms with Gasteiger partial charge in [-0.25, -0.2) is 4.98 Å². The Hall–Kier alpha value is -4.09. The molecule has 4 rings (SSSR count). The first kappa shape index (κ1) is 27.9. The lowest BCUT2D eigenvalue weighted by Crippen LogP contribution is -2.43. The van der Waals surface area contributed by atoms with Crippen LogP contribution in [0.5, 0.6) is 5.75 Å². The molecule has 0 bridgehead atoms. The average molecular weight is 540 g/mol. The average Bonchev–Trinajstić information content (AvgIpc) is 2.89. The first-order chi connectivity index (χ1) is 18.6. The Morgan fingerprint density at radius 1 is 0.897 bits per heavy atom. The topological polar surface area (TPSA) is 95.1 Å². The standard InChI is InChI=1S/C31H37N5O2Si/c1-20(2)39(21(3)4,22(5)6)19-18-26-25-16-17-29(37)36(24-14-12-23(32)13-15-24)30(25)35-31(33-26)34-27-10-8-9-11-28(27)38-7/h8-17,20-22H,32H2,1-7H3,(H,33,34,35). The van der Waals surface area contributed by atoms with E-state index < -0.39 is 8.07 Å². The van der Waals surface area contributed by atoms with Crippen LogP contribution in [0.2, 0.25) is 16.6 Å². The lowest BCUT2D eigenvalue weighted by molar-refractivity contribution is 0.417. The zero-order valence-electron chi connectivity index (χ0n) is 23.7. The van der Waals surface area contributed by atoms with Gasteiger partial charge in [-0.2, -0.15) is 4.98 Å². The minimum absolute atomic E-state index is 0.205. The van der Waals surface area contributed by atoms with Gasteiger partial charge in [-0.05, 0) is 59.1 Å². The zero-order valence-corrected chi connectivity index (χ0v) is 24.7. The summed E-state index contributed by atoms with van der Waals surface area (Å²) < 4.78 is 7.10. The van der Waals surface area contributed by atoms with Crippen molar-refractivity contribution in [2.75, 3.05) is 18.2 Å². The SMILES string of the molecule is COc1ccccc1Nc1nc(C#C[Si](C(C)C)(C(C)C)C(C)C)c2ccc(=O)n(-c3ccc(N)cc3)c2n1. The number of nitrogens with zero attached hydrogens (tertiary/aromatic N) is 3. The maximum atomic E-state index is 13.2. The Morgan fingerprint density at radius 2 is 1.54 bits per heavy atom. The Balaban J connectivity index is 2.02. The van der Waals surface area contributed by atoms with Crippen molar-refractivity contribution < 1.29 is 4.74 Å². The largest absolute Gasteiger partial charge is 0.495 e. The highest BCUT2D eigenvalue weighted by Gasteiger charge is 2.41. The van der Waals surface area contributed by atoms with Gasteiger partial charge in [-0.1, -0.05) is 59.6 Å². The number of aromatic nitrogens is 3. The smallest absolute Gasteiger partial charge is 0.256 e. The number of nitrogens with two attached hydrogens (primary N) is 1. The van der Waals surface area contributed by atoms with Crippen LogP contribution in [0, 0.1) is 11.5 Å². The number of nitrogens with one attached hydrogen (secondary N) is 1. The number of hydrogen-bond acceptors (Lipinski definition) is 6. The molecular formula is C31H37N5O2Si. The first-order valence-electron chi connectivity index (χ1n) is 13.3. The summed E-state index contributed by atoms with van der Waals surface area (Å²) in [4.78, 5) is 22.9. The molecule has 7 nitrogen and oxygen atoms in total. The van der Waals surface area contributed by atoms with Crippen LogP contribution in [0.4, 0.5) is 17.3 Å². The molecule has 0 aliphatic carbocycles. The second-order valence-electron chi connectivity index (χ2n) is 10.7. The third kappa shape index (κ3) is 5.41. The normalized spacial score (nSPS) is 11.6. The zero-order chi connectivity index (χ0) is 28.3. The van der Waals surface area contributed by atoms with Gasteiger partial charge < -0.3 is 15.8 Å². The molecule has 0 saturated heterocycles. The monoisotopic (exact) mass is 539 g/mol. The third-order valence-electron chi connectivity index (χ3n) is 7.52. The lowest BCUT2D eigenvalue weighted by Gasteiger charge is -2.38. The summed E-state index contributed by atoms with van der Waals surface area (Å²) in [5, 5.41) is 4.00. The van der Waals surface area contributed by atoms with E-state index >= 15 is 0 Å². The molecule has 2 aromatic heterocycles. The van der Waals surface area contributed by atoms with E-state index in [2.05, 4.69) is 58.3 Å². The highest BCUT2D eigenvalue weighted by atomic mass is 28.3. The predicted molar refractivity (Wildman–Crippen MR) is 164 cm³/mol. The minimum Gasteiger partial charge on any atom is -0.495 e. The van der Waals surface area contributed by atoms with Gasteiger partial charge in [0, 0.05) is 11.8 Å². The molecule has 0 atom stereocenters.